The number of nitrogens with two attached hydrogens (primary N) is 1. The van der Waals surface area contributed by atoms with Crippen LogP contribution in [0.3, 0.4) is 0 Å². The molecule has 0 radical (unpaired) electrons. The van der Waals surface area contributed by atoms with Crippen LogP contribution in [0.2, 0.25) is 0 Å². The van der Waals surface area contributed by atoms with Crippen LogP contribution in [0.25, 0.3) is 0 Å². The molecule has 0 aromatic heterocycles. The molecule has 0 aliphatic heterocycles. The second-order valence-corrected chi connectivity index (χ2v) is 3.61. The van der Waals surface area contributed by atoms with Gasteiger partial charge in [0, 0.05) is 13.7 Å². The molecule has 0 heterocycles. The lowest BCUT2D eigenvalue weighted by Crippen LogP contribution is -2.15. The van der Waals surface area contributed by atoms with Crippen molar-refractivity contribution >= 4 is 17.3 Å². The van der Waals surface area contributed by atoms with E-state index in [2.05, 4.69) is 5.32 Å². The summed E-state index contributed by atoms with van der Waals surface area (Å²) in [5, 5.41) is 12.0. The van der Waals surface area contributed by atoms with Crippen LogP contribution >= 0.6 is 0 Å². The van der Waals surface area contributed by atoms with E-state index in [9.17, 15) is 4.79 Å². The van der Waals surface area contributed by atoms with E-state index >= 15 is 0 Å². The molecule has 1 aromatic rings. The molecule has 0 aliphatic carbocycles. The van der Waals surface area contributed by atoms with Gasteiger partial charge in [0.15, 0.2) is 0 Å². The molecule has 0 bridgehead atoms. The zero-order valence-corrected chi connectivity index (χ0v) is 10.3. The Morgan fingerprint density at radius 3 is 2.83 bits per heavy atom. The number of carbonyl (C=O) groups is 1. The molecule has 0 atom stereocenters. The number of anilines is 2. The first-order valence-electron chi connectivity index (χ1n) is 5.59. The van der Waals surface area contributed by atoms with E-state index in [-0.39, 0.29) is 5.56 Å². The van der Waals surface area contributed by atoms with Gasteiger partial charge in [0.05, 0.1) is 36.8 Å². The summed E-state index contributed by atoms with van der Waals surface area (Å²) in [7, 11) is 1.60. The first-order chi connectivity index (χ1) is 8.66. The molecule has 4 N–H and O–H groups in total. The highest BCUT2D eigenvalue weighted by Crippen LogP contribution is 2.23. The highest BCUT2D eigenvalue weighted by atomic mass is 16.5. The quantitative estimate of drug-likeness (QED) is 0.474. The van der Waals surface area contributed by atoms with Gasteiger partial charge in [-0.15, -0.1) is 0 Å². The van der Waals surface area contributed by atoms with Crippen molar-refractivity contribution in [3.05, 3.63) is 23.8 Å². The Balaban J connectivity index is 2.48. The number of benzene rings is 1. The standard InChI is InChI=1S/C12H18N2O4/c1-17-7-8-18-6-5-14-11-9(12(15)16)3-2-4-10(11)13/h2-4,14H,5-8,13H2,1H3,(H,15,16). The second-order valence-electron chi connectivity index (χ2n) is 3.61. The van der Waals surface area contributed by atoms with Crippen LogP contribution in [-0.4, -0.2) is 44.6 Å². The first-order valence-corrected chi connectivity index (χ1v) is 5.59. The Labute approximate surface area is 106 Å². The SMILES string of the molecule is COCCOCCNc1c(N)cccc1C(=O)O. The lowest BCUT2D eigenvalue weighted by molar-refractivity contribution is 0.0697. The van der Waals surface area contributed by atoms with Gasteiger partial charge in [-0.05, 0) is 12.1 Å². The zero-order valence-electron chi connectivity index (χ0n) is 10.3. The molecular formula is C12H18N2O4. The molecule has 0 amide bonds. The third kappa shape index (κ3) is 4.23. The van der Waals surface area contributed by atoms with Crippen molar-refractivity contribution < 1.29 is 19.4 Å². The number of para-hydroxylation sites is 1. The largest absolute Gasteiger partial charge is 0.478 e. The monoisotopic (exact) mass is 254 g/mol. The fraction of sp³-hybridized carbons (Fsp3) is 0.417. The van der Waals surface area contributed by atoms with Crippen molar-refractivity contribution in [2.45, 2.75) is 0 Å². The summed E-state index contributed by atoms with van der Waals surface area (Å²) >= 11 is 0. The third-order valence-corrected chi connectivity index (χ3v) is 2.31. The van der Waals surface area contributed by atoms with Crippen molar-refractivity contribution in [2.24, 2.45) is 0 Å². The molecule has 0 fully saturated rings. The van der Waals surface area contributed by atoms with Crippen molar-refractivity contribution in [3.63, 3.8) is 0 Å². The van der Waals surface area contributed by atoms with Gasteiger partial charge in [-0.25, -0.2) is 4.79 Å². The molecule has 18 heavy (non-hydrogen) atoms. The Bertz CT molecular complexity index is 396. The highest BCUT2D eigenvalue weighted by molar-refractivity contribution is 5.97. The van der Waals surface area contributed by atoms with Gasteiger partial charge in [0.25, 0.3) is 0 Å². The van der Waals surface area contributed by atoms with E-state index in [1.807, 2.05) is 0 Å². The maximum absolute atomic E-state index is 11.0. The molecule has 6 heteroatoms. The van der Waals surface area contributed by atoms with E-state index in [0.717, 1.165) is 0 Å². The molecule has 0 unspecified atom stereocenters. The minimum Gasteiger partial charge on any atom is -0.478 e. The van der Waals surface area contributed by atoms with Crippen LogP contribution in [-0.2, 0) is 9.47 Å². The van der Waals surface area contributed by atoms with Crippen LogP contribution in [0.1, 0.15) is 10.4 Å². The van der Waals surface area contributed by atoms with Gasteiger partial charge >= 0.3 is 5.97 Å². The van der Waals surface area contributed by atoms with E-state index in [4.69, 9.17) is 20.3 Å². The van der Waals surface area contributed by atoms with Crippen molar-refractivity contribution in [2.75, 3.05) is 44.5 Å². The molecule has 0 aliphatic rings. The molecule has 6 nitrogen and oxygen atoms in total. The molecule has 0 saturated heterocycles. The van der Waals surface area contributed by atoms with Gasteiger partial charge in [0.2, 0.25) is 0 Å². The highest BCUT2D eigenvalue weighted by Gasteiger charge is 2.11. The van der Waals surface area contributed by atoms with Crippen molar-refractivity contribution in [1.82, 2.24) is 0 Å². The van der Waals surface area contributed by atoms with Gasteiger partial charge in [-0.1, -0.05) is 6.07 Å². The maximum atomic E-state index is 11.0. The number of nitrogen functional groups attached to an aromatic ring is 1. The van der Waals surface area contributed by atoms with Crippen molar-refractivity contribution in [3.8, 4) is 0 Å². The molecule has 0 spiro atoms. The number of hydrogen-bond donors (Lipinski definition) is 3. The normalized spacial score (nSPS) is 10.3. The number of hydrogen-bond acceptors (Lipinski definition) is 5. The lowest BCUT2D eigenvalue weighted by Gasteiger charge is -2.12. The number of aromatic carboxylic acids is 1. The zero-order chi connectivity index (χ0) is 13.4. The number of nitrogens with one attached hydrogen (secondary N) is 1. The lowest BCUT2D eigenvalue weighted by atomic mass is 10.1. The number of methoxy groups -OCH3 is 1. The Morgan fingerprint density at radius 2 is 2.17 bits per heavy atom. The topological polar surface area (TPSA) is 93.8 Å². The van der Waals surface area contributed by atoms with E-state index < -0.39 is 5.97 Å². The van der Waals surface area contributed by atoms with E-state index in [0.29, 0.717) is 37.7 Å². The van der Waals surface area contributed by atoms with Crippen molar-refractivity contribution in [1.29, 1.82) is 0 Å². The van der Waals surface area contributed by atoms with Gasteiger partial charge in [-0.3, -0.25) is 0 Å². The minimum atomic E-state index is -1.01. The van der Waals surface area contributed by atoms with Crippen LogP contribution in [0, 0.1) is 0 Å². The summed E-state index contributed by atoms with van der Waals surface area (Å²) in [5.41, 5.74) is 6.73. The molecule has 0 saturated carbocycles. The van der Waals surface area contributed by atoms with Gasteiger partial charge < -0.3 is 25.6 Å². The average Bonchev–Trinajstić information content (AvgIpc) is 2.34. The molecule has 1 aromatic carbocycles. The predicted molar refractivity (Wildman–Crippen MR) is 69.0 cm³/mol. The summed E-state index contributed by atoms with van der Waals surface area (Å²) in [6, 6.07) is 4.77. The average molecular weight is 254 g/mol. The second kappa shape index (κ2) is 7.52. The Morgan fingerprint density at radius 1 is 1.39 bits per heavy atom. The third-order valence-electron chi connectivity index (χ3n) is 2.31. The Hall–Kier alpha value is -1.79. The Kier molecular flexibility index (Phi) is 5.96. The molecular weight excluding hydrogens is 236 g/mol. The number of ether oxygens (including phenoxy) is 2. The fourth-order valence-corrected chi connectivity index (χ4v) is 1.44. The molecule has 100 valence electrons. The summed E-state index contributed by atoms with van der Waals surface area (Å²) in [5.74, 6) is -1.01. The van der Waals surface area contributed by atoms with Crippen LogP contribution in [0.4, 0.5) is 11.4 Å². The predicted octanol–water partition coefficient (Wildman–Crippen LogP) is 1.04. The van der Waals surface area contributed by atoms with Gasteiger partial charge in [0.1, 0.15) is 0 Å². The fourth-order valence-electron chi connectivity index (χ4n) is 1.44. The van der Waals surface area contributed by atoms with E-state index in [1.54, 1.807) is 19.2 Å². The summed E-state index contributed by atoms with van der Waals surface area (Å²) in [6.07, 6.45) is 0. The van der Waals surface area contributed by atoms with E-state index in [1.165, 1.54) is 6.07 Å². The maximum Gasteiger partial charge on any atom is 0.337 e. The van der Waals surface area contributed by atoms with Crippen LogP contribution < -0.4 is 11.1 Å². The summed E-state index contributed by atoms with van der Waals surface area (Å²) in [6.45, 7) is 1.98. The smallest absolute Gasteiger partial charge is 0.337 e. The van der Waals surface area contributed by atoms with Gasteiger partial charge in [-0.2, -0.15) is 0 Å². The van der Waals surface area contributed by atoms with Crippen LogP contribution in [0.15, 0.2) is 18.2 Å². The summed E-state index contributed by atoms with van der Waals surface area (Å²) < 4.78 is 10.1. The van der Waals surface area contributed by atoms with Crippen LogP contribution in [0.5, 0.6) is 0 Å². The number of carboxylic acids is 1. The minimum absolute atomic E-state index is 0.159. The summed E-state index contributed by atoms with van der Waals surface area (Å²) in [4.78, 5) is 11.0. The first kappa shape index (κ1) is 14.3. The number of carboxylic acid groups (broad SMARTS) is 1. The molecule has 1 rings (SSSR count). The number of rotatable bonds is 8.